The maximum Gasteiger partial charge on any atom is 0.273 e. The quantitative estimate of drug-likeness (QED) is 0.653. The Labute approximate surface area is 182 Å². The minimum Gasteiger partial charge on any atom is -0.356 e. The van der Waals surface area contributed by atoms with Crippen molar-refractivity contribution in [3.8, 4) is 0 Å². The Hall–Kier alpha value is -3.22. The van der Waals surface area contributed by atoms with Crippen LogP contribution in [0.1, 0.15) is 35.6 Å². The van der Waals surface area contributed by atoms with Crippen molar-refractivity contribution in [1.29, 1.82) is 0 Å². The van der Waals surface area contributed by atoms with Crippen LogP contribution in [-0.2, 0) is 0 Å². The van der Waals surface area contributed by atoms with E-state index >= 15 is 0 Å². The van der Waals surface area contributed by atoms with Crippen LogP contribution in [0.2, 0.25) is 0 Å². The molecule has 0 unspecified atom stereocenters. The predicted molar refractivity (Wildman–Crippen MR) is 123 cm³/mol. The number of anilines is 2. The minimum absolute atomic E-state index is 0.00400. The van der Waals surface area contributed by atoms with Crippen molar-refractivity contribution < 1.29 is 4.79 Å². The largest absolute Gasteiger partial charge is 0.356 e. The van der Waals surface area contributed by atoms with Crippen molar-refractivity contribution in [3.05, 3.63) is 54.1 Å². The molecule has 0 radical (unpaired) electrons. The molecule has 7 nitrogen and oxygen atoms in total. The smallest absolute Gasteiger partial charge is 0.273 e. The van der Waals surface area contributed by atoms with Gasteiger partial charge in [-0.15, -0.1) is 0 Å². The van der Waals surface area contributed by atoms with Gasteiger partial charge in [0, 0.05) is 56.9 Å². The van der Waals surface area contributed by atoms with E-state index in [0.29, 0.717) is 18.8 Å². The number of aryl methyl sites for hydroxylation is 1. The van der Waals surface area contributed by atoms with Gasteiger partial charge in [-0.25, -0.2) is 9.97 Å². The average molecular weight is 417 g/mol. The molecule has 2 fully saturated rings. The number of benzene rings is 1. The number of piperidine rings is 1. The first-order valence-corrected chi connectivity index (χ1v) is 11.2. The van der Waals surface area contributed by atoms with Gasteiger partial charge in [0.1, 0.15) is 23.2 Å². The molecule has 0 N–H and O–H groups in total. The van der Waals surface area contributed by atoms with Crippen LogP contribution in [0.3, 0.4) is 0 Å². The molecular weight excluding hydrogens is 388 g/mol. The van der Waals surface area contributed by atoms with Crippen LogP contribution in [-0.4, -0.2) is 65.0 Å². The first kappa shape index (κ1) is 19.7. The summed E-state index contributed by atoms with van der Waals surface area (Å²) in [6.45, 7) is 6.92. The second-order valence-corrected chi connectivity index (χ2v) is 8.34. The second kappa shape index (κ2) is 8.49. The lowest BCUT2D eigenvalue weighted by Crippen LogP contribution is -2.49. The third kappa shape index (κ3) is 4.04. The van der Waals surface area contributed by atoms with E-state index in [1.54, 1.807) is 6.20 Å². The van der Waals surface area contributed by atoms with Crippen molar-refractivity contribution in [2.75, 3.05) is 49.1 Å². The van der Waals surface area contributed by atoms with Crippen LogP contribution < -0.4 is 9.80 Å². The van der Waals surface area contributed by atoms with E-state index in [2.05, 4.69) is 25.8 Å². The number of aromatic nitrogens is 3. The van der Waals surface area contributed by atoms with Crippen LogP contribution in [0, 0.1) is 6.92 Å². The maximum atomic E-state index is 13.2. The fourth-order valence-electron chi connectivity index (χ4n) is 4.56. The van der Waals surface area contributed by atoms with E-state index in [4.69, 9.17) is 4.98 Å². The number of pyridine rings is 1. The molecule has 1 aromatic carbocycles. The number of carbonyl (C=O) groups excluding carboxylic acids is 1. The van der Waals surface area contributed by atoms with Crippen molar-refractivity contribution >= 4 is 28.3 Å². The Morgan fingerprint density at radius 1 is 0.839 bits per heavy atom. The van der Waals surface area contributed by atoms with E-state index in [1.165, 1.54) is 19.3 Å². The molecule has 4 heterocycles. The van der Waals surface area contributed by atoms with Crippen LogP contribution in [0.4, 0.5) is 11.6 Å². The molecule has 2 saturated heterocycles. The molecule has 1 amide bonds. The molecule has 31 heavy (non-hydrogen) atoms. The van der Waals surface area contributed by atoms with Gasteiger partial charge in [0.05, 0.1) is 0 Å². The first-order chi connectivity index (χ1) is 15.2. The fourth-order valence-corrected chi connectivity index (χ4v) is 4.56. The lowest BCUT2D eigenvalue weighted by molar-refractivity contribution is 0.0743. The lowest BCUT2D eigenvalue weighted by Gasteiger charge is -2.36. The van der Waals surface area contributed by atoms with Gasteiger partial charge in [0.2, 0.25) is 0 Å². The zero-order valence-electron chi connectivity index (χ0n) is 18.0. The van der Waals surface area contributed by atoms with Crippen LogP contribution in [0.15, 0.2) is 42.6 Å². The van der Waals surface area contributed by atoms with Crippen molar-refractivity contribution in [2.45, 2.75) is 26.2 Å². The number of fused-ring (bicyclic) bond motifs is 1. The Kier molecular flexibility index (Phi) is 5.40. The molecule has 2 aliphatic heterocycles. The summed E-state index contributed by atoms with van der Waals surface area (Å²) in [5, 5.41) is 1.95. The third-order valence-corrected chi connectivity index (χ3v) is 6.26. The molecule has 3 aromatic rings. The monoisotopic (exact) mass is 416 g/mol. The van der Waals surface area contributed by atoms with Crippen molar-refractivity contribution in [1.82, 2.24) is 19.9 Å². The molecule has 7 heteroatoms. The number of hydrogen-bond acceptors (Lipinski definition) is 6. The Bertz CT molecular complexity index is 1080. The van der Waals surface area contributed by atoms with Crippen molar-refractivity contribution in [2.24, 2.45) is 0 Å². The Morgan fingerprint density at radius 2 is 1.52 bits per heavy atom. The van der Waals surface area contributed by atoms with E-state index in [1.807, 2.05) is 42.2 Å². The summed E-state index contributed by atoms with van der Waals surface area (Å²) >= 11 is 0. The summed E-state index contributed by atoms with van der Waals surface area (Å²) in [7, 11) is 0. The zero-order chi connectivity index (χ0) is 21.2. The summed E-state index contributed by atoms with van der Waals surface area (Å²) < 4.78 is 0. The molecule has 0 aliphatic carbocycles. The molecule has 0 spiro atoms. The van der Waals surface area contributed by atoms with E-state index in [-0.39, 0.29) is 5.91 Å². The van der Waals surface area contributed by atoms with E-state index in [0.717, 1.165) is 54.4 Å². The van der Waals surface area contributed by atoms with Crippen molar-refractivity contribution in [3.63, 3.8) is 0 Å². The molecule has 0 atom stereocenters. The maximum absolute atomic E-state index is 13.2. The number of rotatable bonds is 3. The third-order valence-electron chi connectivity index (χ3n) is 6.26. The summed E-state index contributed by atoms with van der Waals surface area (Å²) in [5.74, 6) is 2.80. The van der Waals surface area contributed by atoms with Gasteiger partial charge in [-0.2, -0.15) is 0 Å². The van der Waals surface area contributed by atoms with Gasteiger partial charge in [0.15, 0.2) is 0 Å². The number of hydrogen-bond donors (Lipinski definition) is 0. The van der Waals surface area contributed by atoms with Gasteiger partial charge in [0.25, 0.3) is 5.91 Å². The number of piperazine rings is 1. The normalized spacial score (nSPS) is 17.3. The van der Waals surface area contributed by atoms with E-state index < -0.39 is 0 Å². The van der Waals surface area contributed by atoms with Crippen LogP contribution in [0.5, 0.6) is 0 Å². The Morgan fingerprint density at radius 3 is 2.26 bits per heavy atom. The van der Waals surface area contributed by atoms with Crippen LogP contribution >= 0.6 is 0 Å². The lowest BCUT2D eigenvalue weighted by atomic mass is 10.1. The molecular formula is C24H28N6O. The van der Waals surface area contributed by atoms with Gasteiger partial charge < -0.3 is 14.7 Å². The van der Waals surface area contributed by atoms with Gasteiger partial charge >= 0.3 is 0 Å². The highest BCUT2D eigenvalue weighted by Crippen LogP contribution is 2.24. The van der Waals surface area contributed by atoms with E-state index in [9.17, 15) is 4.79 Å². The molecule has 5 rings (SSSR count). The summed E-state index contributed by atoms with van der Waals surface area (Å²) in [6, 6.07) is 12.0. The fraction of sp³-hybridized carbons (Fsp3) is 0.417. The second-order valence-electron chi connectivity index (χ2n) is 8.34. The highest BCUT2D eigenvalue weighted by atomic mass is 16.2. The topological polar surface area (TPSA) is 65.5 Å². The summed E-state index contributed by atoms with van der Waals surface area (Å²) in [6.07, 6.45) is 5.47. The minimum atomic E-state index is 0.00400. The Balaban J connectivity index is 1.30. The SMILES string of the molecule is Cc1nc(N2CCCCC2)cc(N2CCN(C(=O)c3nccc4ccccc34)CC2)n1. The number of amides is 1. The number of nitrogens with zero attached hydrogens (tertiary/aromatic N) is 6. The number of carbonyl (C=O) groups is 1. The standard InChI is InChI=1S/C24H28N6O/c1-18-26-21(28-11-5-2-6-12-28)17-22(27-18)29-13-15-30(16-14-29)24(31)23-20-8-4-3-7-19(20)9-10-25-23/h3-4,7-10,17H,2,5-6,11-16H2,1H3. The molecule has 2 aliphatic rings. The highest BCUT2D eigenvalue weighted by Gasteiger charge is 2.25. The molecule has 0 saturated carbocycles. The van der Waals surface area contributed by atoms with Gasteiger partial charge in [-0.1, -0.05) is 24.3 Å². The zero-order valence-corrected chi connectivity index (χ0v) is 18.0. The predicted octanol–water partition coefficient (Wildman–Crippen LogP) is 3.29. The van der Waals surface area contributed by atoms with Crippen LogP contribution in [0.25, 0.3) is 10.8 Å². The van der Waals surface area contributed by atoms with Gasteiger partial charge in [-0.05, 0) is 37.6 Å². The summed E-state index contributed by atoms with van der Waals surface area (Å²) in [5.41, 5.74) is 0.539. The highest BCUT2D eigenvalue weighted by molar-refractivity contribution is 6.05. The average Bonchev–Trinajstić information content (AvgIpc) is 2.83. The first-order valence-electron chi connectivity index (χ1n) is 11.2. The molecule has 2 aromatic heterocycles. The summed E-state index contributed by atoms with van der Waals surface area (Å²) in [4.78, 5) is 33.5. The molecule has 160 valence electrons. The molecule has 0 bridgehead atoms. The van der Waals surface area contributed by atoms with Gasteiger partial charge in [-0.3, -0.25) is 9.78 Å².